The van der Waals surface area contributed by atoms with E-state index in [1.54, 1.807) is 13.2 Å². The van der Waals surface area contributed by atoms with Gasteiger partial charge in [0.05, 0.1) is 18.7 Å². The maximum absolute atomic E-state index is 12.7. The molecule has 25 heavy (non-hydrogen) atoms. The number of ether oxygens (including phenoxy) is 1. The Balaban J connectivity index is 2.02. The largest absolute Gasteiger partial charge is 0.497 e. The summed E-state index contributed by atoms with van der Waals surface area (Å²) in [5.74, 6) is 1.17. The van der Waals surface area contributed by atoms with Gasteiger partial charge in [0, 0.05) is 10.9 Å². The number of benzene rings is 2. The summed E-state index contributed by atoms with van der Waals surface area (Å²) in [4.78, 5) is 17.3. The van der Waals surface area contributed by atoms with Crippen molar-refractivity contribution in [2.75, 3.05) is 7.11 Å². The fourth-order valence-corrected chi connectivity index (χ4v) is 2.82. The molecule has 0 N–H and O–H groups in total. The molecule has 7 heteroatoms. The summed E-state index contributed by atoms with van der Waals surface area (Å²) in [7, 11) is 1.60. The Hall–Kier alpha value is -3.66. The fraction of sp³-hybridized carbons (Fsp3) is 0.111. The van der Waals surface area contributed by atoms with Crippen molar-refractivity contribution in [3.05, 3.63) is 59.0 Å². The van der Waals surface area contributed by atoms with Gasteiger partial charge in [-0.15, -0.1) is 5.10 Å². The van der Waals surface area contributed by atoms with E-state index in [-0.39, 0.29) is 12.2 Å². The van der Waals surface area contributed by atoms with Gasteiger partial charge in [-0.2, -0.15) is 9.78 Å². The van der Waals surface area contributed by atoms with E-state index in [0.717, 1.165) is 16.7 Å². The fourth-order valence-electron chi connectivity index (χ4n) is 2.82. The average Bonchev–Trinajstić information content (AvgIpc) is 3.11. The second kappa shape index (κ2) is 5.76. The molecular weight excluding hydrogens is 318 g/mol. The summed E-state index contributed by atoms with van der Waals surface area (Å²) in [6.45, 7) is -0.0486. The summed E-state index contributed by atoms with van der Waals surface area (Å²) in [6, 6.07) is 16.7. The lowest BCUT2D eigenvalue weighted by molar-refractivity contribution is 0.415. The molecule has 4 rings (SSSR count). The number of fused-ring (bicyclic) bond motifs is 3. The molecule has 0 saturated heterocycles. The zero-order valence-corrected chi connectivity index (χ0v) is 13.4. The maximum atomic E-state index is 12.7. The minimum Gasteiger partial charge on any atom is -0.497 e. The molecule has 0 unspecified atom stereocenters. The van der Waals surface area contributed by atoms with E-state index in [9.17, 15) is 4.79 Å². The van der Waals surface area contributed by atoms with Gasteiger partial charge in [-0.05, 0) is 36.4 Å². The van der Waals surface area contributed by atoms with Crippen LogP contribution in [0, 0.1) is 11.3 Å². The molecule has 0 aliphatic carbocycles. The Kier molecular flexibility index (Phi) is 3.43. The van der Waals surface area contributed by atoms with Crippen LogP contribution in [0.5, 0.6) is 5.75 Å². The lowest BCUT2D eigenvalue weighted by Gasteiger charge is -2.06. The predicted octanol–water partition coefficient (Wildman–Crippen LogP) is 2.24. The molecular formula is C18H13N5O2. The van der Waals surface area contributed by atoms with E-state index >= 15 is 0 Å². The summed E-state index contributed by atoms with van der Waals surface area (Å²) in [5, 5.41) is 14.2. The van der Waals surface area contributed by atoms with Crippen LogP contribution in [0.1, 0.15) is 0 Å². The first-order valence-corrected chi connectivity index (χ1v) is 7.62. The SMILES string of the molecule is COc1ccc(-c2nc3c4ccccc4n(CC#N)c(=O)n3n2)cc1. The van der Waals surface area contributed by atoms with Gasteiger partial charge < -0.3 is 4.74 Å². The molecule has 0 spiro atoms. The lowest BCUT2D eigenvalue weighted by atomic mass is 10.2. The van der Waals surface area contributed by atoms with E-state index in [2.05, 4.69) is 10.1 Å². The smallest absolute Gasteiger partial charge is 0.352 e. The standard InChI is InChI=1S/C18H13N5O2/c1-25-13-8-6-12(7-9-13)16-20-17-14-4-2-3-5-15(14)22(11-10-19)18(24)23(17)21-16/h2-9H,11H2,1H3. The van der Waals surface area contributed by atoms with Gasteiger partial charge in [-0.3, -0.25) is 4.57 Å². The molecule has 2 aromatic heterocycles. The number of hydrogen-bond donors (Lipinski definition) is 0. The molecule has 0 saturated carbocycles. The van der Waals surface area contributed by atoms with Crippen LogP contribution < -0.4 is 10.4 Å². The topological polar surface area (TPSA) is 85.2 Å². The molecule has 7 nitrogen and oxygen atoms in total. The van der Waals surface area contributed by atoms with E-state index in [1.165, 1.54) is 9.08 Å². The quantitative estimate of drug-likeness (QED) is 0.575. The molecule has 0 aliphatic rings. The molecule has 0 fully saturated rings. The van der Waals surface area contributed by atoms with Gasteiger partial charge >= 0.3 is 5.69 Å². The Morgan fingerprint density at radius 3 is 2.64 bits per heavy atom. The Bertz CT molecular complexity index is 1180. The summed E-state index contributed by atoms with van der Waals surface area (Å²) >= 11 is 0. The van der Waals surface area contributed by atoms with Crippen LogP contribution >= 0.6 is 0 Å². The number of methoxy groups -OCH3 is 1. The van der Waals surface area contributed by atoms with Crippen LogP contribution in [0.3, 0.4) is 0 Å². The zero-order chi connectivity index (χ0) is 17.4. The molecule has 0 bridgehead atoms. The zero-order valence-electron chi connectivity index (χ0n) is 13.4. The minimum atomic E-state index is -0.387. The van der Waals surface area contributed by atoms with Gasteiger partial charge in [0.2, 0.25) is 0 Å². The van der Waals surface area contributed by atoms with Gasteiger partial charge in [-0.1, -0.05) is 12.1 Å². The molecule has 0 radical (unpaired) electrons. The first-order valence-electron chi connectivity index (χ1n) is 7.62. The van der Waals surface area contributed by atoms with Crippen molar-refractivity contribution in [2.45, 2.75) is 6.54 Å². The normalized spacial score (nSPS) is 10.9. The van der Waals surface area contributed by atoms with Gasteiger partial charge in [-0.25, -0.2) is 9.78 Å². The van der Waals surface area contributed by atoms with Gasteiger partial charge in [0.1, 0.15) is 12.3 Å². The molecule has 0 amide bonds. The third kappa shape index (κ3) is 2.32. The average molecular weight is 331 g/mol. The highest BCUT2D eigenvalue weighted by Gasteiger charge is 2.15. The van der Waals surface area contributed by atoms with Crippen molar-refractivity contribution < 1.29 is 4.74 Å². The van der Waals surface area contributed by atoms with Crippen LogP contribution in [-0.2, 0) is 6.54 Å². The molecule has 2 aromatic carbocycles. The first kappa shape index (κ1) is 14.9. The molecule has 4 aromatic rings. The van der Waals surface area contributed by atoms with Crippen molar-refractivity contribution in [1.29, 1.82) is 5.26 Å². The molecule has 2 heterocycles. The third-order valence-electron chi connectivity index (χ3n) is 4.03. The van der Waals surface area contributed by atoms with Crippen molar-refractivity contribution in [3.8, 4) is 23.2 Å². The summed E-state index contributed by atoms with van der Waals surface area (Å²) in [5.41, 5.74) is 1.53. The highest BCUT2D eigenvalue weighted by molar-refractivity contribution is 5.91. The third-order valence-corrected chi connectivity index (χ3v) is 4.03. The number of hydrogen-bond acceptors (Lipinski definition) is 5. The van der Waals surface area contributed by atoms with E-state index < -0.39 is 0 Å². The second-order valence-corrected chi connectivity index (χ2v) is 5.44. The number of para-hydroxylation sites is 1. The highest BCUT2D eigenvalue weighted by Crippen LogP contribution is 2.22. The molecule has 122 valence electrons. The Labute approximate surface area is 142 Å². The number of aromatic nitrogens is 4. The molecule has 0 aliphatic heterocycles. The van der Waals surface area contributed by atoms with E-state index in [4.69, 9.17) is 10.00 Å². The van der Waals surface area contributed by atoms with Crippen molar-refractivity contribution in [1.82, 2.24) is 19.2 Å². The van der Waals surface area contributed by atoms with E-state index in [1.807, 2.05) is 48.5 Å². The number of nitriles is 1. The van der Waals surface area contributed by atoms with Crippen molar-refractivity contribution >= 4 is 16.6 Å². The molecule has 0 atom stereocenters. The van der Waals surface area contributed by atoms with Crippen LogP contribution in [0.15, 0.2) is 53.3 Å². The van der Waals surface area contributed by atoms with Crippen LogP contribution in [0.2, 0.25) is 0 Å². The van der Waals surface area contributed by atoms with Gasteiger partial charge in [0.15, 0.2) is 11.5 Å². The summed E-state index contributed by atoms with van der Waals surface area (Å²) in [6.07, 6.45) is 0. The Morgan fingerprint density at radius 2 is 1.92 bits per heavy atom. The second-order valence-electron chi connectivity index (χ2n) is 5.44. The van der Waals surface area contributed by atoms with Crippen LogP contribution in [0.25, 0.3) is 27.9 Å². The highest BCUT2D eigenvalue weighted by atomic mass is 16.5. The monoisotopic (exact) mass is 331 g/mol. The van der Waals surface area contributed by atoms with E-state index in [0.29, 0.717) is 17.0 Å². The predicted molar refractivity (Wildman–Crippen MR) is 92.4 cm³/mol. The summed E-state index contributed by atoms with van der Waals surface area (Å²) < 4.78 is 7.80. The lowest BCUT2D eigenvalue weighted by Crippen LogP contribution is -2.27. The number of rotatable bonds is 3. The van der Waals surface area contributed by atoms with Crippen molar-refractivity contribution in [2.24, 2.45) is 0 Å². The number of nitrogens with zero attached hydrogens (tertiary/aromatic N) is 5. The van der Waals surface area contributed by atoms with Crippen LogP contribution in [-0.4, -0.2) is 26.3 Å². The maximum Gasteiger partial charge on any atom is 0.352 e. The first-order chi connectivity index (χ1) is 12.2. The van der Waals surface area contributed by atoms with Crippen LogP contribution in [0.4, 0.5) is 0 Å². The van der Waals surface area contributed by atoms with Crippen molar-refractivity contribution in [3.63, 3.8) is 0 Å². The minimum absolute atomic E-state index is 0.0486. The Morgan fingerprint density at radius 1 is 1.16 bits per heavy atom. The van der Waals surface area contributed by atoms with Gasteiger partial charge in [0.25, 0.3) is 0 Å².